The van der Waals surface area contributed by atoms with Crippen LogP contribution >= 0.6 is 23.4 Å². The standard InChI is InChI=1S/C20H23ClN4O2S/c1-12(2)10-25-19(27)18-16(7-13(3)23-18)24-20(25)28-11-17(26)22-9-14-5-4-6-15(21)8-14/h4-8,12,23H,9-11H2,1-3H3,(H,22,26). The van der Waals surface area contributed by atoms with Crippen molar-refractivity contribution >= 4 is 40.3 Å². The average molecular weight is 419 g/mol. The van der Waals surface area contributed by atoms with Gasteiger partial charge in [-0.15, -0.1) is 0 Å². The van der Waals surface area contributed by atoms with Gasteiger partial charge in [0.2, 0.25) is 5.91 Å². The maximum absolute atomic E-state index is 12.9. The van der Waals surface area contributed by atoms with Gasteiger partial charge < -0.3 is 10.3 Å². The molecule has 6 nitrogen and oxygen atoms in total. The van der Waals surface area contributed by atoms with Crippen LogP contribution in [0.15, 0.2) is 40.3 Å². The van der Waals surface area contributed by atoms with E-state index >= 15 is 0 Å². The predicted molar refractivity (Wildman–Crippen MR) is 114 cm³/mol. The number of nitrogens with one attached hydrogen (secondary N) is 2. The second-order valence-corrected chi connectivity index (χ2v) is 8.49. The minimum absolute atomic E-state index is 0.103. The molecule has 0 aliphatic carbocycles. The SMILES string of the molecule is Cc1cc2nc(SCC(=O)NCc3cccc(Cl)c3)n(CC(C)C)c(=O)c2[nH]1. The number of H-pyrrole nitrogens is 1. The number of aryl methyl sites for hydroxylation is 1. The number of benzene rings is 1. The maximum Gasteiger partial charge on any atom is 0.278 e. The molecule has 2 N–H and O–H groups in total. The lowest BCUT2D eigenvalue weighted by Crippen LogP contribution is -2.27. The Kier molecular flexibility index (Phi) is 6.46. The molecule has 0 bridgehead atoms. The first kappa shape index (κ1) is 20.5. The van der Waals surface area contributed by atoms with Gasteiger partial charge in [0.05, 0.1) is 11.3 Å². The summed E-state index contributed by atoms with van der Waals surface area (Å²) in [6, 6.07) is 9.21. The quantitative estimate of drug-likeness (QED) is 0.452. The van der Waals surface area contributed by atoms with Crippen LogP contribution in [0.5, 0.6) is 0 Å². The Labute approximate surface area is 172 Å². The fraction of sp³-hybridized carbons (Fsp3) is 0.350. The minimum atomic E-state index is -0.124. The summed E-state index contributed by atoms with van der Waals surface area (Å²) in [5.74, 6) is 0.338. The molecule has 0 radical (unpaired) electrons. The molecule has 0 unspecified atom stereocenters. The van der Waals surface area contributed by atoms with Crippen molar-refractivity contribution in [1.82, 2.24) is 19.9 Å². The number of carbonyl (C=O) groups excluding carboxylic acids is 1. The van der Waals surface area contributed by atoms with Crippen LogP contribution in [0.25, 0.3) is 11.0 Å². The molecule has 8 heteroatoms. The number of hydrogen-bond acceptors (Lipinski definition) is 4. The van der Waals surface area contributed by atoms with Crippen LogP contribution in [-0.2, 0) is 17.9 Å². The van der Waals surface area contributed by atoms with Crippen molar-refractivity contribution < 1.29 is 4.79 Å². The van der Waals surface area contributed by atoms with E-state index in [2.05, 4.69) is 15.3 Å². The lowest BCUT2D eigenvalue weighted by Gasteiger charge is -2.14. The number of carbonyl (C=O) groups is 1. The Balaban J connectivity index is 1.73. The monoisotopic (exact) mass is 418 g/mol. The lowest BCUT2D eigenvalue weighted by atomic mass is 10.2. The summed E-state index contributed by atoms with van der Waals surface area (Å²) in [6.45, 7) is 6.93. The van der Waals surface area contributed by atoms with Crippen LogP contribution in [0, 0.1) is 12.8 Å². The third kappa shape index (κ3) is 4.97. The molecular formula is C20H23ClN4O2S. The molecule has 28 heavy (non-hydrogen) atoms. The molecule has 0 aliphatic heterocycles. The largest absolute Gasteiger partial charge is 0.353 e. The normalized spacial score (nSPS) is 11.3. The zero-order valence-corrected chi connectivity index (χ0v) is 17.7. The Bertz CT molecular complexity index is 1060. The number of hydrogen-bond donors (Lipinski definition) is 2. The number of thioether (sulfide) groups is 1. The van der Waals surface area contributed by atoms with Crippen molar-refractivity contribution in [3.05, 3.63) is 57.0 Å². The van der Waals surface area contributed by atoms with Crippen molar-refractivity contribution in [3.8, 4) is 0 Å². The van der Waals surface area contributed by atoms with Gasteiger partial charge in [-0.05, 0) is 36.6 Å². The summed E-state index contributed by atoms with van der Waals surface area (Å²) in [5.41, 5.74) is 2.85. The molecule has 2 heterocycles. The van der Waals surface area contributed by atoms with Gasteiger partial charge in [-0.3, -0.25) is 14.2 Å². The topological polar surface area (TPSA) is 79.8 Å². The first-order valence-corrected chi connectivity index (χ1v) is 10.4. The second-order valence-electron chi connectivity index (χ2n) is 7.11. The summed E-state index contributed by atoms with van der Waals surface area (Å²) in [7, 11) is 0. The molecule has 1 aromatic carbocycles. The number of amides is 1. The lowest BCUT2D eigenvalue weighted by molar-refractivity contribution is -0.118. The van der Waals surface area contributed by atoms with E-state index in [1.54, 1.807) is 10.6 Å². The van der Waals surface area contributed by atoms with Crippen LogP contribution in [0.3, 0.4) is 0 Å². The van der Waals surface area contributed by atoms with Gasteiger partial charge >= 0.3 is 0 Å². The molecule has 0 spiro atoms. The van der Waals surface area contributed by atoms with Crippen LogP contribution in [0.1, 0.15) is 25.1 Å². The van der Waals surface area contributed by atoms with Gasteiger partial charge in [0, 0.05) is 23.8 Å². The van der Waals surface area contributed by atoms with Crippen molar-refractivity contribution in [2.24, 2.45) is 5.92 Å². The van der Waals surface area contributed by atoms with E-state index in [1.165, 1.54) is 11.8 Å². The minimum Gasteiger partial charge on any atom is -0.353 e. The molecule has 0 saturated carbocycles. The Hall–Kier alpha value is -2.25. The molecular weight excluding hydrogens is 396 g/mol. The smallest absolute Gasteiger partial charge is 0.278 e. The molecule has 0 aliphatic rings. The van der Waals surface area contributed by atoms with Gasteiger partial charge in [0.25, 0.3) is 5.56 Å². The van der Waals surface area contributed by atoms with Crippen molar-refractivity contribution in [1.29, 1.82) is 0 Å². The van der Waals surface area contributed by atoms with Crippen LogP contribution in [-0.4, -0.2) is 26.2 Å². The van der Waals surface area contributed by atoms with Crippen molar-refractivity contribution in [3.63, 3.8) is 0 Å². The molecule has 148 valence electrons. The van der Waals surface area contributed by atoms with Crippen molar-refractivity contribution in [2.75, 3.05) is 5.75 Å². The number of fused-ring (bicyclic) bond motifs is 1. The number of nitrogens with zero attached hydrogens (tertiary/aromatic N) is 2. The van der Waals surface area contributed by atoms with E-state index < -0.39 is 0 Å². The van der Waals surface area contributed by atoms with E-state index in [0.717, 1.165) is 11.3 Å². The molecule has 3 rings (SSSR count). The Morgan fingerprint density at radius 1 is 1.36 bits per heavy atom. The van der Waals surface area contributed by atoms with Crippen LogP contribution < -0.4 is 10.9 Å². The number of halogens is 1. The second kappa shape index (κ2) is 8.84. The molecule has 0 atom stereocenters. The van der Waals surface area contributed by atoms with Gasteiger partial charge in [0.15, 0.2) is 5.16 Å². The van der Waals surface area contributed by atoms with E-state index in [4.69, 9.17) is 11.6 Å². The summed E-state index contributed by atoms with van der Waals surface area (Å²) in [4.78, 5) is 32.8. The van der Waals surface area contributed by atoms with Gasteiger partial charge in [0.1, 0.15) is 5.52 Å². The highest BCUT2D eigenvalue weighted by atomic mass is 35.5. The summed E-state index contributed by atoms with van der Waals surface area (Å²) < 4.78 is 1.65. The zero-order chi connectivity index (χ0) is 20.3. The average Bonchev–Trinajstić information content (AvgIpc) is 3.01. The van der Waals surface area contributed by atoms with Gasteiger partial charge in [-0.25, -0.2) is 4.98 Å². The molecule has 1 amide bonds. The van der Waals surface area contributed by atoms with Gasteiger partial charge in [-0.2, -0.15) is 0 Å². The van der Waals surface area contributed by atoms with Crippen LogP contribution in [0.4, 0.5) is 0 Å². The summed E-state index contributed by atoms with van der Waals surface area (Å²) >= 11 is 7.24. The molecule has 0 fully saturated rings. The third-order valence-corrected chi connectivity index (χ3v) is 5.31. The zero-order valence-electron chi connectivity index (χ0n) is 16.1. The van der Waals surface area contributed by atoms with E-state index in [0.29, 0.717) is 34.3 Å². The highest BCUT2D eigenvalue weighted by Crippen LogP contribution is 2.19. The molecule has 0 saturated heterocycles. The van der Waals surface area contributed by atoms with E-state index in [1.807, 2.05) is 45.0 Å². The number of aromatic nitrogens is 3. The van der Waals surface area contributed by atoms with Crippen molar-refractivity contribution in [2.45, 2.75) is 39.0 Å². The fourth-order valence-electron chi connectivity index (χ4n) is 2.88. The van der Waals surface area contributed by atoms with Crippen LogP contribution in [0.2, 0.25) is 5.02 Å². The van der Waals surface area contributed by atoms with Gasteiger partial charge in [-0.1, -0.05) is 49.3 Å². The highest BCUT2D eigenvalue weighted by molar-refractivity contribution is 7.99. The predicted octanol–water partition coefficient (Wildman–Crippen LogP) is 3.75. The first-order valence-electron chi connectivity index (χ1n) is 9.07. The van der Waals surface area contributed by atoms with E-state index in [9.17, 15) is 9.59 Å². The fourth-order valence-corrected chi connectivity index (χ4v) is 3.93. The maximum atomic E-state index is 12.9. The Morgan fingerprint density at radius 2 is 2.14 bits per heavy atom. The number of rotatable bonds is 7. The molecule has 2 aromatic heterocycles. The first-order chi connectivity index (χ1) is 13.3. The molecule has 3 aromatic rings. The van der Waals surface area contributed by atoms with E-state index in [-0.39, 0.29) is 23.1 Å². The Morgan fingerprint density at radius 3 is 2.86 bits per heavy atom. The summed E-state index contributed by atoms with van der Waals surface area (Å²) in [5, 5.41) is 4.07. The highest BCUT2D eigenvalue weighted by Gasteiger charge is 2.15. The summed E-state index contributed by atoms with van der Waals surface area (Å²) in [6.07, 6.45) is 0. The third-order valence-electron chi connectivity index (χ3n) is 4.10. The number of aromatic amines is 1.